The summed E-state index contributed by atoms with van der Waals surface area (Å²) in [6.07, 6.45) is 0.945. The van der Waals surface area contributed by atoms with Gasteiger partial charge in [-0.1, -0.05) is 13.8 Å². The highest BCUT2D eigenvalue weighted by atomic mass is 16.5. The molecule has 0 aliphatic carbocycles. The van der Waals surface area contributed by atoms with Crippen LogP contribution in [0.25, 0.3) is 0 Å². The van der Waals surface area contributed by atoms with E-state index in [0.29, 0.717) is 35.2 Å². The van der Waals surface area contributed by atoms with Crippen molar-refractivity contribution in [2.24, 2.45) is 11.7 Å². The lowest BCUT2D eigenvalue weighted by Crippen LogP contribution is -2.27. The van der Waals surface area contributed by atoms with Crippen LogP contribution in [0.3, 0.4) is 0 Å². The first-order chi connectivity index (χ1) is 9.96. The highest BCUT2D eigenvalue weighted by Crippen LogP contribution is 2.42. The molecule has 5 heteroatoms. The zero-order valence-electron chi connectivity index (χ0n) is 13.6. The molecule has 1 aromatic carbocycles. The molecule has 0 aliphatic rings. The molecule has 120 valence electrons. The van der Waals surface area contributed by atoms with Crippen LogP contribution < -0.4 is 19.9 Å². The summed E-state index contributed by atoms with van der Waals surface area (Å²) in [5.74, 6) is 2.10. The van der Waals surface area contributed by atoms with Crippen LogP contribution in [0, 0.1) is 5.92 Å². The zero-order valence-corrected chi connectivity index (χ0v) is 13.6. The molecule has 0 saturated carbocycles. The van der Waals surface area contributed by atoms with Crippen molar-refractivity contribution in [3.05, 3.63) is 17.7 Å². The Bertz CT molecular complexity index is 448. The Kier molecular flexibility index (Phi) is 6.78. The predicted molar refractivity (Wildman–Crippen MR) is 83.1 cm³/mol. The van der Waals surface area contributed by atoms with Crippen LogP contribution in [0.15, 0.2) is 12.1 Å². The maximum atomic E-state index is 10.3. The van der Waals surface area contributed by atoms with Crippen LogP contribution >= 0.6 is 0 Å². The fourth-order valence-corrected chi connectivity index (χ4v) is 2.28. The normalized spacial score (nSPS) is 13.9. The van der Waals surface area contributed by atoms with Crippen molar-refractivity contribution in [2.75, 3.05) is 21.3 Å². The molecule has 0 radical (unpaired) electrons. The van der Waals surface area contributed by atoms with E-state index in [4.69, 9.17) is 19.9 Å². The lowest BCUT2D eigenvalue weighted by Gasteiger charge is -2.23. The Morgan fingerprint density at radius 3 is 2.10 bits per heavy atom. The lowest BCUT2D eigenvalue weighted by molar-refractivity contribution is 0.127. The van der Waals surface area contributed by atoms with Crippen LogP contribution in [0.1, 0.15) is 38.3 Å². The van der Waals surface area contributed by atoms with Gasteiger partial charge < -0.3 is 25.1 Å². The highest BCUT2D eigenvalue weighted by Gasteiger charge is 2.24. The highest BCUT2D eigenvalue weighted by molar-refractivity contribution is 5.56. The van der Waals surface area contributed by atoms with E-state index >= 15 is 0 Å². The number of aliphatic hydroxyl groups is 1. The molecule has 0 spiro atoms. The first-order valence-electron chi connectivity index (χ1n) is 7.18. The van der Waals surface area contributed by atoms with Gasteiger partial charge in [-0.05, 0) is 30.9 Å². The third-order valence-corrected chi connectivity index (χ3v) is 3.55. The lowest BCUT2D eigenvalue weighted by atomic mass is 9.95. The maximum absolute atomic E-state index is 10.3. The van der Waals surface area contributed by atoms with E-state index in [1.54, 1.807) is 27.4 Å². The summed E-state index contributed by atoms with van der Waals surface area (Å²) < 4.78 is 16.0. The third kappa shape index (κ3) is 4.25. The topological polar surface area (TPSA) is 73.9 Å². The van der Waals surface area contributed by atoms with Crippen molar-refractivity contribution in [1.29, 1.82) is 0 Å². The molecule has 0 bridgehead atoms. The number of rotatable bonds is 8. The SMILES string of the molecule is COc1ccc([C@H](N)[C@H](O)CCC(C)C)c(OC)c1OC. The van der Waals surface area contributed by atoms with E-state index in [9.17, 15) is 5.11 Å². The van der Waals surface area contributed by atoms with Crippen LogP contribution in [-0.4, -0.2) is 32.5 Å². The molecular weight excluding hydrogens is 270 g/mol. The molecule has 1 aromatic rings. The molecule has 21 heavy (non-hydrogen) atoms. The quantitative estimate of drug-likeness (QED) is 0.771. The second-order valence-corrected chi connectivity index (χ2v) is 5.49. The summed E-state index contributed by atoms with van der Waals surface area (Å²) in [7, 11) is 4.66. The van der Waals surface area contributed by atoms with Gasteiger partial charge in [0.2, 0.25) is 5.75 Å². The van der Waals surface area contributed by atoms with Crippen LogP contribution in [0.5, 0.6) is 17.2 Å². The van der Waals surface area contributed by atoms with Crippen molar-refractivity contribution in [1.82, 2.24) is 0 Å². The van der Waals surface area contributed by atoms with E-state index in [1.165, 1.54) is 0 Å². The molecule has 1 rings (SSSR count). The van der Waals surface area contributed by atoms with Crippen LogP contribution in [0.2, 0.25) is 0 Å². The van der Waals surface area contributed by atoms with Crippen LogP contribution in [0.4, 0.5) is 0 Å². The van der Waals surface area contributed by atoms with Gasteiger partial charge in [0.15, 0.2) is 11.5 Å². The van der Waals surface area contributed by atoms with E-state index in [1.807, 2.05) is 6.07 Å². The summed E-state index contributed by atoms with van der Waals surface area (Å²) in [4.78, 5) is 0. The van der Waals surface area contributed by atoms with Gasteiger partial charge in [0, 0.05) is 5.56 Å². The Morgan fingerprint density at radius 2 is 1.62 bits per heavy atom. The van der Waals surface area contributed by atoms with Crippen LogP contribution in [-0.2, 0) is 0 Å². The predicted octanol–water partition coefficient (Wildman–Crippen LogP) is 2.51. The second-order valence-electron chi connectivity index (χ2n) is 5.49. The minimum absolute atomic E-state index is 0.490. The average Bonchev–Trinajstić information content (AvgIpc) is 2.49. The number of benzene rings is 1. The van der Waals surface area contributed by atoms with Gasteiger partial charge in [0.1, 0.15) is 0 Å². The zero-order chi connectivity index (χ0) is 16.0. The molecule has 0 aromatic heterocycles. The summed E-state index contributed by atoms with van der Waals surface area (Å²) in [6, 6.07) is 3.05. The molecule has 0 unspecified atom stereocenters. The fourth-order valence-electron chi connectivity index (χ4n) is 2.28. The molecule has 3 N–H and O–H groups in total. The smallest absolute Gasteiger partial charge is 0.203 e. The first kappa shape index (κ1) is 17.6. The second kappa shape index (κ2) is 8.10. The maximum Gasteiger partial charge on any atom is 0.203 e. The molecule has 0 heterocycles. The van der Waals surface area contributed by atoms with E-state index in [2.05, 4.69) is 13.8 Å². The number of hydrogen-bond acceptors (Lipinski definition) is 5. The van der Waals surface area contributed by atoms with Gasteiger partial charge in [-0.3, -0.25) is 0 Å². The van der Waals surface area contributed by atoms with Crippen molar-refractivity contribution in [3.63, 3.8) is 0 Å². The minimum Gasteiger partial charge on any atom is -0.493 e. The number of hydrogen-bond donors (Lipinski definition) is 2. The molecule has 0 fully saturated rings. The molecular formula is C16H27NO4. The number of methoxy groups -OCH3 is 3. The van der Waals surface area contributed by atoms with Gasteiger partial charge in [-0.15, -0.1) is 0 Å². The average molecular weight is 297 g/mol. The summed E-state index contributed by atoms with van der Waals surface area (Å²) in [5, 5.41) is 10.3. The Hall–Kier alpha value is -1.46. The van der Waals surface area contributed by atoms with Crippen molar-refractivity contribution in [3.8, 4) is 17.2 Å². The number of ether oxygens (including phenoxy) is 3. The van der Waals surface area contributed by atoms with Gasteiger partial charge >= 0.3 is 0 Å². The van der Waals surface area contributed by atoms with Gasteiger partial charge in [0.05, 0.1) is 33.5 Å². The monoisotopic (exact) mass is 297 g/mol. The van der Waals surface area contributed by atoms with Crippen molar-refractivity contribution >= 4 is 0 Å². The summed E-state index contributed by atoms with van der Waals surface area (Å²) >= 11 is 0. The fraction of sp³-hybridized carbons (Fsp3) is 0.625. The molecule has 0 saturated heterocycles. The summed E-state index contributed by atoms with van der Waals surface area (Å²) in [6.45, 7) is 4.24. The minimum atomic E-state index is -0.626. The van der Waals surface area contributed by atoms with Crippen molar-refractivity contribution < 1.29 is 19.3 Å². The van der Waals surface area contributed by atoms with Gasteiger partial charge in [-0.25, -0.2) is 0 Å². The van der Waals surface area contributed by atoms with Crippen molar-refractivity contribution in [2.45, 2.75) is 38.8 Å². The van der Waals surface area contributed by atoms with Gasteiger partial charge in [-0.2, -0.15) is 0 Å². The molecule has 0 amide bonds. The molecule has 2 atom stereocenters. The number of nitrogens with two attached hydrogens (primary N) is 1. The number of aliphatic hydroxyl groups excluding tert-OH is 1. The van der Waals surface area contributed by atoms with E-state index < -0.39 is 12.1 Å². The standard InChI is InChI=1S/C16H27NO4/c1-10(2)6-8-12(18)14(17)11-7-9-13(19-3)16(21-5)15(11)20-4/h7,9-10,12,14,18H,6,8,17H2,1-5H3/t12-,14+/m1/s1. The molecule has 0 aliphatic heterocycles. The van der Waals surface area contributed by atoms with E-state index in [-0.39, 0.29) is 0 Å². The molecule has 5 nitrogen and oxygen atoms in total. The first-order valence-corrected chi connectivity index (χ1v) is 7.18. The third-order valence-electron chi connectivity index (χ3n) is 3.55. The van der Waals surface area contributed by atoms with E-state index in [0.717, 1.165) is 6.42 Å². The summed E-state index contributed by atoms with van der Waals surface area (Å²) in [5.41, 5.74) is 6.90. The largest absolute Gasteiger partial charge is 0.493 e. The van der Waals surface area contributed by atoms with Gasteiger partial charge in [0.25, 0.3) is 0 Å². The Morgan fingerprint density at radius 1 is 1.00 bits per heavy atom. The Balaban J connectivity index is 3.06. The Labute approximate surface area is 127 Å².